The van der Waals surface area contributed by atoms with E-state index in [-0.39, 0.29) is 6.04 Å². The van der Waals surface area contributed by atoms with Gasteiger partial charge in [-0.25, -0.2) is 10.1 Å². The second-order valence-electron chi connectivity index (χ2n) is 2.76. The second-order valence-corrected chi connectivity index (χ2v) is 2.76. The smallest absolute Gasteiger partial charge is 0.334 e. The summed E-state index contributed by atoms with van der Waals surface area (Å²) in [7, 11) is 0. The Kier molecular flexibility index (Phi) is 2.54. The molecule has 0 bridgehead atoms. The summed E-state index contributed by atoms with van der Waals surface area (Å²) < 4.78 is 0. The minimum atomic E-state index is -0.507. The fraction of sp³-hybridized carbons (Fsp3) is 0.857. The van der Waals surface area contributed by atoms with E-state index in [4.69, 9.17) is 5.73 Å². The Morgan fingerprint density at radius 1 is 1.30 bits per heavy atom. The van der Waals surface area contributed by atoms with Crippen LogP contribution in [-0.2, 0) is 0 Å². The molecule has 1 radical (unpaired) electrons. The van der Waals surface area contributed by atoms with Crippen LogP contribution in [0.3, 0.4) is 0 Å². The SMILES string of the molecule is NC(=O)[N]C1CCCCC1. The molecule has 0 saturated heterocycles. The second kappa shape index (κ2) is 3.44. The van der Waals surface area contributed by atoms with E-state index in [1.54, 1.807) is 0 Å². The molecular formula is C7H13N2O. The molecule has 3 heteroatoms. The Labute approximate surface area is 61.0 Å². The summed E-state index contributed by atoms with van der Waals surface area (Å²) in [6.45, 7) is 0. The fourth-order valence-electron chi connectivity index (χ4n) is 1.39. The Bertz CT molecular complexity index is 119. The number of nitrogens with two attached hydrogens (primary N) is 1. The Balaban J connectivity index is 2.19. The van der Waals surface area contributed by atoms with Crippen LogP contribution in [0.5, 0.6) is 0 Å². The molecule has 1 aliphatic rings. The van der Waals surface area contributed by atoms with Crippen molar-refractivity contribution in [1.82, 2.24) is 5.32 Å². The van der Waals surface area contributed by atoms with Gasteiger partial charge in [-0.1, -0.05) is 19.3 Å². The van der Waals surface area contributed by atoms with E-state index in [2.05, 4.69) is 5.32 Å². The van der Waals surface area contributed by atoms with Crippen molar-refractivity contribution in [2.75, 3.05) is 0 Å². The molecule has 1 fully saturated rings. The Morgan fingerprint density at radius 3 is 2.40 bits per heavy atom. The lowest BCUT2D eigenvalue weighted by atomic mass is 9.96. The van der Waals surface area contributed by atoms with E-state index in [9.17, 15) is 4.79 Å². The molecule has 57 valence electrons. The van der Waals surface area contributed by atoms with Gasteiger partial charge in [-0.15, -0.1) is 0 Å². The number of urea groups is 1. The first-order valence-electron chi connectivity index (χ1n) is 3.79. The standard InChI is InChI=1S/C7H13N2O/c8-7(10)9-6-4-2-1-3-5-6/h6H,1-5H2,(H2,8,10). The number of carbonyl (C=O) groups is 1. The van der Waals surface area contributed by atoms with E-state index >= 15 is 0 Å². The number of hydrogen-bond acceptors (Lipinski definition) is 1. The topological polar surface area (TPSA) is 57.2 Å². The highest BCUT2D eigenvalue weighted by Crippen LogP contribution is 2.17. The summed E-state index contributed by atoms with van der Waals surface area (Å²) in [5, 5.41) is 3.78. The van der Waals surface area contributed by atoms with Gasteiger partial charge < -0.3 is 5.73 Å². The van der Waals surface area contributed by atoms with Crippen molar-refractivity contribution in [2.45, 2.75) is 38.1 Å². The summed E-state index contributed by atoms with van der Waals surface area (Å²) in [6.07, 6.45) is 5.76. The number of primary amides is 1. The van der Waals surface area contributed by atoms with Crippen molar-refractivity contribution in [3.05, 3.63) is 0 Å². The van der Waals surface area contributed by atoms with Gasteiger partial charge in [0.1, 0.15) is 0 Å². The molecule has 1 rings (SSSR count). The molecule has 1 saturated carbocycles. The highest BCUT2D eigenvalue weighted by molar-refractivity contribution is 5.71. The summed E-state index contributed by atoms with van der Waals surface area (Å²) in [4.78, 5) is 10.3. The predicted octanol–water partition coefficient (Wildman–Crippen LogP) is 1.00. The molecule has 0 aromatic heterocycles. The van der Waals surface area contributed by atoms with Crippen LogP contribution in [0.15, 0.2) is 0 Å². The third-order valence-electron chi connectivity index (χ3n) is 1.88. The first-order valence-corrected chi connectivity index (χ1v) is 3.79. The number of nitrogens with zero attached hydrogens (tertiary/aromatic N) is 1. The molecule has 0 spiro atoms. The van der Waals surface area contributed by atoms with Crippen LogP contribution in [0.4, 0.5) is 4.79 Å². The van der Waals surface area contributed by atoms with Crippen molar-refractivity contribution in [3.8, 4) is 0 Å². The third-order valence-corrected chi connectivity index (χ3v) is 1.88. The molecule has 0 atom stereocenters. The van der Waals surface area contributed by atoms with Crippen molar-refractivity contribution < 1.29 is 4.79 Å². The summed E-state index contributed by atoms with van der Waals surface area (Å²) >= 11 is 0. The number of hydrogen-bond donors (Lipinski definition) is 1. The van der Waals surface area contributed by atoms with Gasteiger partial charge in [0.05, 0.1) is 6.04 Å². The summed E-state index contributed by atoms with van der Waals surface area (Å²) in [5.74, 6) is 0. The molecule has 0 heterocycles. The molecule has 0 aromatic rings. The van der Waals surface area contributed by atoms with Crippen LogP contribution in [0.2, 0.25) is 0 Å². The molecule has 3 nitrogen and oxygen atoms in total. The molecule has 2 N–H and O–H groups in total. The molecule has 10 heavy (non-hydrogen) atoms. The van der Waals surface area contributed by atoms with Crippen LogP contribution in [0.1, 0.15) is 32.1 Å². The maximum absolute atomic E-state index is 10.3. The number of carbonyl (C=O) groups excluding carboxylic acids is 1. The van der Waals surface area contributed by atoms with E-state index in [1.165, 1.54) is 19.3 Å². The van der Waals surface area contributed by atoms with Gasteiger partial charge in [0.25, 0.3) is 0 Å². The van der Waals surface area contributed by atoms with Crippen LogP contribution < -0.4 is 11.1 Å². The average Bonchev–Trinajstić information content (AvgIpc) is 1.88. The van der Waals surface area contributed by atoms with Gasteiger partial charge in [-0.2, -0.15) is 0 Å². The molecular weight excluding hydrogens is 128 g/mol. The van der Waals surface area contributed by atoms with Crippen molar-refractivity contribution in [2.24, 2.45) is 5.73 Å². The van der Waals surface area contributed by atoms with Crippen LogP contribution in [0, 0.1) is 0 Å². The van der Waals surface area contributed by atoms with E-state index in [0.717, 1.165) is 12.8 Å². The molecule has 0 aliphatic heterocycles. The summed E-state index contributed by atoms with van der Waals surface area (Å²) in [6, 6.07) is -0.279. The Hall–Kier alpha value is -0.730. The zero-order chi connectivity index (χ0) is 7.40. The zero-order valence-corrected chi connectivity index (χ0v) is 6.05. The van der Waals surface area contributed by atoms with Gasteiger partial charge in [0.2, 0.25) is 0 Å². The van der Waals surface area contributed by atoms with Gasteiger partial charge >= 0.3 is 6.03 Å². The fourth-order valence-corrected chi connectivity index (χ4v) is 1.39. The first kappa shape index (κ1) is 7.38. The quantitative estimate of drug-likeness (QED) is 0.582. The van der Waals surface area contributed by atoms with Gasteiger partial charge in [-0.05, 0) is 12.8 Å². The predicted molar refractivity (Wildman–Crippen MR) is 38.6 cm³/mol. The molecule has 0 unspecified atom stereocenters. The minimum absolute atomic E-state index is 0.228. The van der Waals surface area contributed by atoms with Gasteiger partial charge in [-0.3, -0.25) is 0 Å². The zero-order valence-electron chi connectivity index (χ0n) is 6.05. The van der Waals surface area contributed by atoms with E-state index in [0.29, 0.717) is 0 Å². The van der Waals surface area contributed by atoms with E-state index < -0.39 is 6.03 Å². The highest BCUT2D eigenvalue weighted by atomic mass is 16.2. The summed E-state index contributed by atoms with van der Waals surface area (Å²) in [5.41, 5.74) is 4.92. The number of amides is 2. The first-order chi connectivity index (χ1) is 4.79. The lowest BCUT2D eigenvalue weighted by molar-refractivity contribution is 0.239. The third kappa shape index (κ3) is 2.25. The molecule has 1 aliphatic carbocycles. The number of rotatable bonds is 1. The van der Waals surface area contributed by atoms with Gasteiger partial charge in [0, 0.05) is 0 Å². The van der Waals surface area contributed by atoms with Gasteiger partial charge in [0.15, 0.2) is 0 Å². The largest absolute Gasteiger partial charge is 0.350 e. The maximum Gasteiger partial charge on any atom is 0.334 e. The van der Waals surface area contributed by atoms with Crippen LogP contribution in [-0.4, -0.2) is 12.1 Å². The maximum atomic E-state index is 10.3. The average molecular weight is 141 g/mol. The lowest BCUT2D eigenvalue weighted by Gasteiger charge is -2.18. The van der Waals surface area contributed by atoms with Crippen LogP contribution >= 0.6 is 0 Å². The van der Waals surface area contributed by atoms with Crippen LogP contribution in [0.25, 0.3) is 0 Å². The Morgan fingerprint density at radius 2 is 1.90 bits per heavy atom. The van der Waals surface area contributed by atoms with E-state index in [1.807, 2.05) is 0 Å². The lowest BCUT2D eigenvalue weighted by Crippen LogP contribution is -2.33. The van der Waals surface area contributed by atoms with Crippen molar-refractivity contribution in [3.63, 3.8) is 0 Å². The molecule has 2 amide bonds. The highest BCUT2D eigenvalue weighted by Gasteiger charge is 2.15. The minimum Gasteiger partial charge on any atom is -0.350 e. The van der Waals surface area contributed by atoms with Crippen molar-refractivity contribution >= 4 is 6.03 Å². The molecule has 0 aromatic carbocycles. The normalized spacial score (nSPS) is 20.4. The van der Waals surface area contributed by atoms with Crippen molar-refractivity contribution in [1.29, 1.82) is 0 Å². The monoisotopic (exact) mass is 141 g/mol.